The fraction of sp³-hybridized carbons (Fsp3) is 0.455. The van der Waals surface area contributed by atoms with E-state index in [9.17, 15) is 9.90 Å². The van der Waals surface area contributed by atoms with Gasteiger partial charge >= 0.3 is 0 Å². The van der Waals surface area contributed by atoms with E-state index < -0.39 is 5.91 Å². The molecule has 1 rings (SSSR count). The predicted octanol–water partition coefficient (Wildman–Crippen LogP) is 0.753. The highest BCUT2D eigenvalue weighted by Crippen LogP contribution is 2.10. The van der Waals surface area contributed by atoms with Crippen LogP contribution in [0.15, 0.2) is 18.3 Å². The van der Waals surface area contributed by atoms with Gasteiger partial charge in [0.25, 0.3) is 5.91 Å². The molecule has 88 valence electrons. The molecule has 1 aromatic rings. The molecule has 0 aliphatic heterocycles. The number of anilines is 1. The van der Waals surface area contributed by atoms with Crippen LogP contribution in [0.25, 0.3) is 0 Å². The zero-order valence-electron chi connectivity index (χ0n) is 9.31. The average Bonchev–Trinajstić information content (AvgIpc) is 2.29. The Morgan fingerprint density at radius 3 is 3.06 bits per heavy atom. The maximum Gasteiger partial charge on any atom is 0.252 e. The van der Waals surface area contributed by atoms with Gasteiger partial charge in [0.1, 0.15) is 5.82 Å². The van der Waals surface area contributed by atoms with Crippen LogP contribution in [-0.2, 0) is 0 Å². The molecule has 0 radical (unpaired) electrons. The topological polar surface area (TPSA) is 88.2 Å². The number of amides is 1. The van der Waals surface area contributed by atoms with Gasteiger partial charge in [0.05, 0.1) is 11.7 Å². The maximum atomic E-state index is 11.1. The molecule has 0 aromatic carbocycles. The minimum Gasteiger partial charge on any atom is -0.393 e. The Bertz CT molecular complexity index is 355. The van der Waals surface area contributed by atoms with Crippen molar-refractivity contribution in [3.8, 4) is 0 Å². The van der Waals surface area contributed by atoms with Crippen LogP contribution in [0.1, 0.15) is 30.1 Å². The van der Waals surface area contributed by atoms with Crippen molar-refractivity contribution in [2.45, 2.75) is 25.9 Å². The summed E-state index contributed by atoms with van der Waals surface area (Å²) >= 11 is 0. The van der Waals surface area contributed by atoms with E-state index >= 15 is 0 Å². The van der Waals surface area contributed by atoms with Crippen molar-refractivity contribution in [1.29, 1.82) is 0 Å². The van der Waals surface area contributed by atoms with Gasteiger partial charge in [0, 0.05) is 12.7 Å². The van der Waals surface area contributed by atoms with E-state index in [1.807, 2.05) is 6.92 Å². The Labute approximate surface area is 94.7 Å². The largest absolute Gasteiger partial charge is 0.393 e. The average molecular weight is 223 g/mol. The first kappa shape index (κ1) is 12.4. The lowest BCUT2D eigenvalue weighted by Crippen LogP contribution is -2.18. The smallest absolute Gasteiger partial charge is 0.252 e. The standard InChI is InChI=1S/C11H17N3O2/c1-2-8(15)5-7-14-11-9(10(12)16)4-3-6-13-11/h3-4,6,8,15H,2,5,7H2,1H3,(H2,12,16)(H,13,14). The Kier molecular flexibility index (Phi) is 4.72. The summed E-state index contributed by atoms with van der Waals surface area (Å²) in [6.45, 7) is 2.48. The van der Waals surface area contributed by atoms with Crippen LogP contribution < -0.4 is 11.1 Å². The summed E-state index contributed by atoms with van der Waals surface area (Å²) in [7, 11) is 0. The number of aliphatic hydroxyl groups is 1. The lowest BCUT2D eigenvalue weighted by molar-refractivity contribution is 0.100. The van der Waals surface area contributed by atoms with Crippen LogP contribution in [0.5, 0.6) is 0 Å². The molecule has 16 heavy (non-hydrogen) atoms. The summed E-state index contributed by atoms with van der Waals surface area (Å²) in [5.41, 5.74) is 5.57. The monoisotopic (exact) mass is 223 g/mol. The fourth-order valence-corrected chi connectivity index (χ4v) is 1.31. The van der Waals surface area contributed by atoms with Crippen LogP contribution in [0.3, 0.4) is 0 Å². The zero-order valence-corrected chi connectivity index (χ0v) is 9.31. The molecule has 0 saturated carbocycles. The molecule has 0 fully saturated rings. The van der Waals surface area contributed by atoms with Crippen molar-refractivity contribution in [1.82, 2.24) is 4.98 Å². The molecule has 0 aliphatic carbocycles. The van der Waals surface area contributed by atoms with Crippen molar-refractivity contribution >= 4 is 11.7 Å². The highest BCUT2D eigenvalue weighted by atomic mass is 16.3. The molecule has 1 aromatic heterocycles. The number of carbonyl (C=O) groups is 1. The van der Waals surface area contributed by atoms with Gasteiger partial charge in [-0.2, -0.15) is 0 Å². The van der Waals surface area contributed by atoms with Crippen molar-refractivity contribution < 1.29 is 9.90 Å². The SMILES string of the molecule is CCC(O)CCNc1ncccc1C(N)=O. The summed E-state index contributed by atoms with van der Waals surface area (Å²) in [5, 5.41) is 12.4. The molecule has 0 saturated heterocycles. The summed E-state index contributed by atoms with van der Waals surface area (Å²) in [6.07, 6.45) is 2.59. The van der Waals surface area contributed by atoms with Crippen molar-refractivity contribution in [3.05, 3.63) is 23.9 Å². The van der Waals surface area contributed by atoms with Gasteiger partial charge in [-0.15, -0.1) is 0 Å². The molecule has 1 atom stereocenters. The number of primary amides is 1. The first-order valence-electron chi connectivity index (χ1n) is 5.32. The Balaban J connectivity index is 2.56. The summed E-state index contributed by atoms with van der Waals surface area (Å²) < 4.78 is 0. The number of nitrogens with two attached hydrogens (primary N) is 1. The van der Waals surface area contributed by atoms with Crippen molar-refractivity contribution in [2.24, 2.45) is 5.73 Å². The molecule has 1 unspecified atom stereocenters. The highest BCUT2D eigenvalue weighted by molar-refractivity contribution is 5.97. The molecule has 1 heterocycles. The minimum atomic E-state index is -0.508. The second kappa shape index (κ2) is 6.07. The van der Waals surface area contributed by atoms with Gasteiger partial charge in [0.15, 0.2) is 0 Å². The van der Waals surface area contributed by atoms with Crippen LogP contribution in [0, 0.1) is 0 Å². The minimum absolute atomic E-state index is 0.326. The van der Waals surface area contributed by atoms with Crippen LogP contribution >= 0.6 is 0 Å². The maximum absolute atomic E-state index is 11.1. The molecule has 5 heteroatoms. The van der Waals surface area contributed by atoms with Crippen LogP contribution in [0.2, 0.25) is 0 Å². The molecule has 0 aliphatic rings. The van der Waals surface area contributed by atoms with E-state index in [2.05, 4.69) is 10.3 Å². The Hall–Kier alpha value is -1.62. The summed E-state index contributed by atoms with van der Waals surface area (Å²) in [4.78, 5) is 15.1. The van der Waals surface area contributed by atoms with E-state index in [0.717, 1.165) is 0 Å². The predicted molar refractivity (Wildman–Crippen MR) is 62.2 cm³/mol. The molecule has 1 amide bonds. The highest BCUT2D eigenvalue weighted by Gasteiger charge is 2.08. The number of rotatable bonds is 6. The van der Waals surface area contributed by atoms with Crippen molar-refractivity contribution in [2.75, 3.05) is 11.9 Å². The number of hydrogen-bond donors (Lipinski definition) is 3. The third-order valence-corrected chi connectivity index (χ3v) is 2.31. The Morgan fingerprint density at radius 2 is 2.44 bits per heavy atom. The first-order chi connectivity index (χ1) is 7.65. The second-order valence-electron chi connectivity index (χ2n) is 3.54. The molecule has 4 N–H and O–H groups in total. The van der Waals surface area contributed by atoms with Crippen LogP contribution in [-0.4, -0.2) is 28.6 Å². The number of nitrogens with zero attached hydrogens (tertiary/aromatic N) is 1. The van der Waals surface area contributed by atoms with E-state index in [1.54, 1.807) is 18.3 Å². The molecular formula is C11H17N3O2. The number of pyridine rings is 1. The number of hydrogen-bond acceptors (Lipinski definition) is 4. The lowest BCUT2D eigenvalue weighted by atomic mass is 10.2. The van der Waals surface area contributed by atoms with E-state index in [0.29, 0.717) is 30.8 Å². The van der Waals surface area contributed by atoms with Gasteiger partial charge in [0.2, 0.25) is 0 Å². The molecular weight excluding hydrogens is 206 g/mol. The van der Waals surface area contributed by atoms with E-state index in [1.165, 1.54) is 0 Å². The quantitative estimate of drug-likeness (QED) is 0.664. The lowest BCUT2D eigenvalue weighted by Gasteiger charge is -2.10. The van der Waals surface area contributed by atoms with E-state index in [-0.39, 0.29) is 6.10 Å². The summed E-state index contributed by atoms with van der Waals surface area (Å²) in [5.74, 6) is -0.0371. The second-order valence-corrected chi connectivity index (χ2v) is 3.54. The zero-order chi connectivity index (χ0) is 12.0. The third-order valence-electron chi connectivity index (χ3n) is 2.31. The van der Waals surface area contributed by atoms with Gasteiger partial charge in [-0.3, -0.25) is 4.79 Å². The van der Waals surface area contributed by atoms with Crippen LogP contribution in [0.4, 0.5) is 5.82 Å². The Morgan fingerprint density at radius 1 is 1.69 bits per heavy atom. The first-order valence-corrected chi connectivity index (χ1v) is 5.32. The summed E-state index contributed by atoms with van der Waals surface area (Å²) in [6, 6.07) is 3.28. The normalized spacial score (nSPS) is 12.1. The number of aromatic nitrogens is 1. The molecule has 0 spiro atoms. The van der Waals surface area contributed by atoms with Gasteiger partial charge in [-0.05, 0) is 25.0 Å². The number of nitrogens with one attached hydrogen (secondary N) is 1. The van der Waals surface area contributed by atoms with Gasteiger partial charge in [-0.25, -0.2) is 4.98 Å². The molecule has 5 nitrogen and oxygen atoms in total. The van der Waals surface area contributed by atoms with Gasteiger partial charge < -0.3 is 16.2 Å². The fourth-order valence-electron chi connectivity index (χ4n) is 1.31. The number of aliphatic hydroxyl groups excluding tert-OH is 1. The molecule has 0 bridgehead atoms. The third kappa shape index (κ3) is 3.51. The van der Waals surface area contributed by atoms with Crippen molar-refractivity contribution in [3.63, 3.8) is 0 Å². The van der Waals surface area contributed by atoms with Gasteiger partial charge in [-0.1, -0.05) is 6.92 Å². The number of carbonyl (C=O) groups excluding carboxylic acids is 1. The van der Waals surface area contributed by atoms with E-state index in [4.69, 9.17) is 5.73 Å².